The Labute approximate surface area is 118 Å². The third-order valence-corrected chi connectivity index (χ3v) is 3.73. The number of pyridine rings is 1. The third-order valence-electron chi connectivity index (χ3n) is 2.87. The first-order valence-corrected chi connectivity index (χ1v) is 7.88. The highest BCUT2D eigenvalue weighted by Gasteiger charge is 2.14. The fourth-order valence-electron chi connectivity index (χ4n) is 1.96. The van der Waals surface area contributed by atoms with Crippen molar-refractivity contribution < 1.29 is 9.13 Å². The number of nitro benzene ring substituents is 1. The average Bonchev–Trinajstić information content (AvgIpc) is 2.43. The molecule has 0 radical (unpaired) electrons. The van der Waals surface area contributed by atoms with E-state index in [9.17, 15) is 14.3 Å². The van der Waals surface area contributed by atoms with Crippen LogP contribution in [0, 0.1) is 10.1 Å². The minimum atomic E-state index is -0.802. The van der Waals surface area contributed by atoms with Crippen LogP contribution in [0.5, 0.6) is 0 Å². The Balaban J connectivity index is 2.24. The van der Waals surface area contributed by atoms with E-state index in [0.717, 1.165) is 17.5 Å². The SMILES string of the molecule is CS(=O)CCCNc1ccc([N+](=O)[O-])c2ncccc12. The summed E-state index contributed by atoms with van der Waals surface area (Å²) in [6.07, 6.45) is 3.99. The number of non-ortho nitro benzene ring substituents is 1. The van der Waals surface area contributed by atoms with Gasteiger partial charge in [0.25, 0.3) is 5.69 Å². The molecule has 2 rings (SSSR count). The molecule has 0 aliphatic carbocycles. The lowest BCUT2D eigenvalue weighted by Gasteiger charge is -2.09. The predicted octanol–water partition coefficient (Wildman–Crippen LogP) is 2.32. The van der Waals surface area contributed by atoms with Crippen LogP contribution in [-0.2, 0) is 10.8 Å². The van der Waals surface area contributed by atoms with Crippen molar-refractivity contribution in [3.63, 3.8) is 0 Å². The van der Waals surface area contributed by atoms with Gasteiger partial charge in [-0.1, -0.05) is 0 Å². The highest BCUT2D eigenvalue weighted by molar-refractivity contribution is 7.84. The largest absolute Gasteiger partial charge is 0.384 e. The van der Waals surface area contributed by atoms with Crippen LogP contribution >= 0.6 is 0 Å². The predicted molar refractivity (Wildman–Crippen MR) is 80.4 cm³/mol. The van der Waals surface area contributed by atoms with Crippen molar-refractivity contribution in [2.45, 2.75) is 6.42 Å². The van der Waals surface area contributed by atoms with Gasteiger partial charge in [0, 0.05) is 52.7 Å². The summed E-state index contributed by atoms with van der Waals surface area (Å²) >= 11 is 0. The van der Waals surface area contributed by atoms with E-state index in [2.05, 4.69) is 10.3 Å². The topological polar surface area (TPSA) is 85.1 Å². The van der Waals surface area contributed by atoms with E-state index >= 15 is 0 Å². The van der Waals surface area contributed by atoms with Crippen LogP contribution in [-0.4, -0.2) is 32.7 Å². The lowest BCUT2D eigenvalue weighted by atomic mass is 10.1. The average molecular weight is 293 g/mol. The lowest BCUT2D eigenvalue weighted by molar-refractivity contribution is -0.383. The van der Waals surface area contributed by atoms with Crippen LogP contribution in [0.15, 0.2) is 30.5 Å². The molecular formula is C13H15N3O3S. The summed E-state index contributed by atoms with van der Waals surface area (Å²) in [5.41, 5.74) is 1.18. The maximum atomic E-state index is 11.0. The standard InChI is InChI=1S/C13H15N3O3S/c1-20(19)9-3-8-14-11-5-6-12(16(17)18)13-10(11)4-2-7-15-13/h2,4-7,14H,3,8-9H2,1H3. The van der Waals surface area contributed by atoms with Crippen LogP contribution in [0.1, 0.15) is 6.42 Å². The van der Waals surface area contributed by atoms with E-state index in [0.29, 0.717) is 17.8 Å². The normalized spacial score (nSPS) is 12.2. The van der Waals surface area contributed by atoms with Crippen LogP contribution < -0.4 is 5.32 Å². The molecule has 6 nitrogen and oxygen atoms in total. The van der Waals surface area contributed by atoms with Gasteiger partial charge in [0.15, 0.2) is 0 Å². The van der Waals surface area contributed by atoms with Crippen molar-refractivity contribution in [3.8, 4) is 0 Å². The summed E-state index contributed by atoms with van der Waals surface area (Å²) in [5.74, 6) is 0.635. The molecule has 20 heavy (non-hydrogen) atoms. The van der Waals surface area contributed by atoms with Gasteiger partial charge in [-0.05, 0) is 24.6 Å². The van der Waals surface area contributed by atoms with Crippen molar-refractivity contribution in [3.05, 3.63) is 40.6 Å². The Morgan fingerprint density at radius 1 is 1.40 bits per heavy atom. The fraction of sp³-hybridized carbons (Fsp3) is 0.308. The summed E-state index contributed by atoms with van der Waals surface area (Å²) in [5, 5.41) is 14.9. The molecule has 0 saturated heterocycles. The van der Waals surface area contributed by atoms with E-state index in [1.54, 1.807) is 30.7 Å². The van der Waals surface area contributed by atoms with Crippen molar-refractivity contribution in [1.82, 2.24) is 4.98 Å². The van der Waals surface area contributed by atoms with Gasteiger partial charge in [0.05, 0.1) is 4.92 Å². The lowest BCUT2D eigenvalue weighted by Crippen LogP contribution is -2.06. The Hall–Kier alpha value is -2.02. The first kappa shape index (κ1) is 14.4. The molecule has 0 spiro atoms. The molecule has 1 heterocycles. The second kappa shape index (κ2) is 6.42. The first-order valence-electron chi connectivity index (χ1n) is 6.15. The summed E-state index contributed by atoms with van der Waals surface area (Å²) in [6.45, 7) is 0.668. The van der Waals surface area contributed by atoms with E-state index in [1.807, 2.05) is 0 Å². The van der Waals surface area contributed by atoms with Crippen molar-refractivity contribution in [1.29, 1.82) is 0 Å². The molecule has 1 aromatic carbocycles. The Morgan fingerprint density at radius 2 is 2.20 bits per heavy atom. The maximum absolute atomic E-state index is 11.0. The summed E-state index contributed by atoms with van der Waals surface area (Å²) < 4.78 is 11.0. The van der Waals surface area contributed by atoms with Crippen molar-refractivity contribution >= 4 is 33.1 Å². The Morgan fingerprint density at radius 3 is 2.90 bits per heavy atom. The van der Waals surface area contributed by atoms with E-state index in [-0.39, 0.29) is 5.69 Å². The summed E-state index contributed by atoms with van der Waals surface area (Å²) in [4.78, 5) is 14.6. The van der Waals surface area contributed by atoms with Gasteiger partial charge in [-0.2, -0.15) is 0 Å². The molecule has 1 unspecified atom stereocenters. The van der Waals surface area contributed by atoms with Gasteiger partial charge >= 0.3 is 0 Å². The third kappa shape index (κ3) is 3.30. The molecule has 1 atom stereocenters. The number of aromatic nitrogens is 1. The quantitative estimate of drug-likeness (QED) is 0.502. The maximum Gasteiger partial charge on any atom is 0.295 e. The molecule has 106 valence electrons. The number of nitro groups is 1. The van der Waals surface area contributed by atoms with Crippen molar-refractivity contribution in [2.24, 2.45) is 0 Å². The van der Waals surface area contributed by atoms with Crippen LogP contribution in [0.3, 0.4) is 0 Å². The number of hydrogen-bond acceptors (Lipinski definition) is 5. The zero-order valence-corrected chi connectivity index (χ0v) is 11.9. The minimum absolute atomic E-state index is 0.000752. The molecular weight excluding hydrogens is 278 g/mol. The molecule has 0 aliphatic rings. The van der Waals surface area contributed by atoms with E-state index in [4.69, 9.17) is 0 Å². The van der Waals surface area contributed by atoms with Crippen LogP contribution in [0.2, 0.25) is 0 Å². The summed E-state index contributed by atoms with van der Waals surface area (Å²) in [7, 11) is -0.802. The van der Waals surface area contributed by atoms with E-state index in [1.165, 1.54) is 6.07 Å². The van der Waals surface area contributed by atoms with E-state index < -0.39 is 15.7 Å². The molecule has 0 saturated carbocycles. The minimum Gasteiger partial charge on any atom is -0.384 e. The molecule has 0 amide bonds. The van der Waals surface area contributed by atoms with Crippen LogP contribution in [0.25, 0.3) is 10.9 Å². The number of nitrogens with zero attached hydrogens (tertiary/aromatic N) is 2. The highest BCUT2D eigenvalue weighted by atomic mass is 32.2. The van der Waals surface area contributed by atoms with Gasteiger partial charge in [0.1, 0.15) is 5.52 Å². The number of rotatable bonds is 6. The number of benzene rings is 1. The van der Waals surface area contributed by atoms with Gasteiger partial charge in [-0.15, -0.1) is 0 Å². The Bertz CT molecular complexity index is 660. The molecule has 1 aromatic heterocycles. The number of nitrogens with one attached hydrogen (secondary N) is 1. The second-order valence-electron chi connectivity index (χ2n) is 4.35. The fourth-order valence-corrected chi connectivity index (χ4v) is 2.51. The van der Waals surface area contributed by atoms with Gasteiger partial charge in [-0.25, -0.2) is 4.98 Å². The summed E-state index contributed by atoms with van der Waals surface area (Å²) in [6, 6.07) is 6.69. The molecule has 1 N–H and O–H groups in total. The molecule has 0 aliphatic heterocycles. The van der Waals surface area contributed by atoms with Gasteiger partial charge < -0.3 is 5.32 Å². The number of anilines is 1. The molecule has 0 bridgehead atoms. The van der Waals surface area contributed by atoms with Gasteiger partial charge in [-0.3, -0.25) is 14.3 Å². The molecule has 0 fully saturated rings. The monoisotopic (exact) mass is 293 g/mol. The zero-order valence-electron chi connectivity index (χ0n) is 11.0. The number of fused-ring (bicyclic) bond motifs is 1. The second-order valence-corrected chi connectivity index (χ2v) is 5.90. The smallest absolute Gasteiger partial charge is 0.295 e. The Kier molecular flexibility index (Phi) is 4.62. The highest BCUT2D eigenvalue weighted by Crippen LogP contribution is 2.29. The first-order chi connectivity index (χ1) is 9.59. The molecule has 2 aromatic rings. The zero-order chi connectivity index (χ0) is 14.5. The van der Waals surface area contributed by atoms with Crippen LogP contribution in [0.4, 0.5) is 11.4 Å². The van der Waals surface area contributed by atoms with Gasteiger partial charge in [0.2, 0.25) is 0 Å². The molecule has 7 heteroatoms. The number of hydrogen-bond donors (Lipinski definition) is 1. The van der Waals surface area contributed by atoms with Crippen molar-refractivity contribution in [2.75, 3.05) is 23.9 Å².